The third kappa shape index (κ3) is 2.16. The number of carbonyl (C=O) groups excluding carboxylic acids is 1. The second kappa shape index (κ2) is 4.21. The number of para-hydroxylation sites is 1. The Balaban J connectivity index is 2.36. The quantitative estimate of drug-likeness (QED) is 0.788. The summed E-state index contributed by atoms with van der Waals surface area (Å²) < 4.78 is 35.5. The topological polar surface area (TPSA) is 101 Å². The standard InChI is InChI=1S/C10H11FN2O4S/c11-7-2-1-3-8(10(7)15)13-5-6(4-9(13)14)18(12,16)17/h1-3,6,15H,4-5H2,(H2,12,16,17). The lowest BCUT2D eigenvalue weighted by molar-refractivity contribution is -0.117. The molecule has 1 atom stereocenters. The molecule has 1 saturated heterocycles. The van der Waals surface area contributed by atoms with Gasteiger partial charge in [0.05, 0.1) is 5.69 Å². The van der Waals surface area contributed by atoms with Gasteiger partial charge < -0.3 is 10.0 Å². The number of hydrogen-bond acceptors (Lipinski definition) is 4. The van der Waals surface area contributed by atoms with Gasteiger partial charge in [-0.25, -0.2) is 17.9 Å². The second-order valence-electron chi connectivity index (χ2n) is 4.03. The van der Waals surface area contributed by atoms with Crippen molar-refractivity contribution in [2.75, 3.05) is 11.4 Å². The van der Waals surface area contributed by atoms with Gasteiger partial charge in [0, 0.05) is 13.0 Å². The molecule has 98 valence electrons. The number of amides is 1. The number of benzene rings is 1. The van der Waals surface area contributed by atoms with Crippen molar-refractivity contribution in [3.63, 3.8) is 0 Å². The van der Waals surface area contributed by atoms with E-state index in [1.54, 1.807) is 0 Å². The van der Waals surface area contributed by atoms with Gasteiger partial charge in [-0.3, -0.25) is 4.79 Å². The zero-order valence-electron chi connectivity index (χ0n) is 9.21. The van der Waals surface area contributed by atoms with Gasteiger partial charge in [-0.1, -0.05) is 6.07 Å². The number of anilines is 1. The summed E-state index contributed by atoms with van der Waals surface area (Å²) in [6.07, 6.45) is -0.269. The fraction of sp³-hybridized carbons (Fsp3) is 0.300. The van der Waals surface area contributed by atoms with E-state index in [9.17, 15) is 22.7 Å². The molecule has 8 heteroatoms. The van der Waals surface area contributed by atoms with Crippen LogP contribution in [0.2, 0.25) is 0 Å². The van der Waals surface area contributed by atoms with Gasteiger partial charge in [-0.15, -0.1) is 0 Å². The van der Waals surface area contributed by atoms with Crippen molar-refractivity contribution in [2.24, 2.45) is 5.14 Å². The highest BCUT2D eigenvalue weighted by Gasteiger charge is 2.38. The molecular formula is C10H11FN2O4S. The van der Waals surface area contributed by atoms with E-state index in [4.69, 9.17) is 5.14 Å². The van der Waals surface area contributed by atoms with Crippen LogP contribution in [0.25, 0.3) is 0 Å². The number of aromatic hydroxyl groups is 1. The van der Waals surface area contributed by atoms with E-state index in [1.807, 2.05) is 0 Å². The van der Waals surface area contributed by atoms with Crippen LogP contribution in [0.15, 0.2) is 18.2 Å². The molecule has 18 heavy (non-hydrogen) atoms. The fourth-order valence-corrected chi connectivity index (χ4v) is 2.58. The Kier molecular flexibility index (Phi) is 2.99. The zero-order valence-corrected chi connectivity index (χ0v) is 10.0. The van der Waals surface area contributed by atoms with E-state index < -0.39 is 32.7 Å². The average molecular weight is 274 g/mol. The molecule has 0 radical (unpaired) electrons. The van der Waals surface area contributed by atoms with Crippen LogP contribution >= 0.6 is 0 Å². The first-order valence-electron chi connectivity index (χ1n) is 5.10. The second-order valence-corrected chi connectivity index (χ2v) is 5.87. The third-order valence-electron chi connectivity index (χ3n) is 2.81. The molecule has 2 rings (SSSR count). The Bertz CT molecular complexity index is 602. The number of primary sulfonamides is 1. The summed E-state index contributed by atoms with van der Waals surface area (Å²) in [5.41, 5.74) is -0.0499. The van der Waals surface area contributed by atoms with Gasteiger partial charge in [0.1, 0.15) is 5.25 Å². The average Bonchev–Trinajstić information content (AvgIpc) is 2.64. The maximum atomic E-state index is 13.2. The SMILES string of the molecule is NS(=O)(=O)C1CC(=O)N(c2cccc(F)c2O)C1. The first kappa shape index (κ1) is 12.8. The molecule has 0 bridgehead atoms. The van der Waals surface area contributed by atoms with Gasteiger partial charge in [-0.2, -0.15) is 0 Å². The number of phenols is 1. The number of nitrogens with two attached hydrogens (primary N) is 1. The summed E-state index contributed by atoms with van der Waals surface area (Å²) in [4.78, 5) is 12.7. The summed E-state index contributed by atoms with van der Waals surface area (Å²) in [5.74, 6) is -2.07. The first-order valence-corrected chi connectivity index (χ1v) is 6.71. The van der Waals surface area contributed by atoms with Crippen LogP contribution in [-0.4, -0.2) is 31.2 Å². The number of carbonyl (C=O) groups is 1. The van der Waals surface area contributed by atoms with Crippen LogP contribution in [0.1, 0.15) is 6.42 Å². The minimum absolute atomic E-state index is 0.0499. The Hall–Kier alpha value is -1.67. The normalized spacial score (nSPS) is 20.4. The van der Waals surface area contributed by atoms with Crippen LogP contribution in [0.5, 0.6) is 5.75 Å². The molecule has 3 N–H and O–H groups in total. The minimum atomic E-state index is -3.84. The molecule has 1 heterocycles. The molecule has 1 aliphatic rings. The molecule has 1 fully saturated rings. The number of phenolic OH excluding ortho intramolecular Hbond substituents is 1. The number of halogens is 1. The molecule has 1 unspecified atom stereocenters. The Morgan fingerprint density at radius 2 is 2.11 bits per heavy atom. The summed E-state index contributed by atoms with van der Waals surface area (Å²) in [6.45, 7) is -0.186. The number of sulfonamides is 1. The number of nitrogens with zero attached hydrogens (tertiary/aromatic N) is 1. The predicted octanol–water partition coefficient (Wildman–Crippen LogP) is -0.0749. The van der Waals surface area contributed by atoms with E-state index in [0.717, 1.165) is 11.0 Å². The summed E-state index contributed by atoms with van der Waals surface area (Å²) in [7, 11) is -3.84. The predicted molar refractivity (Wildman–Crippen MR) is 61.9 cm³/mol. The summed E-state index contributed by atoms with van der Waals surface area (Å²) in [6, 6.07) is 3.69. The Morgan fingerprint density at radius 3 is 2.67 bits per heavy atom. The van der Waals surface area contributed by atoms with E-state index >= 15 is 0 Å². The third-order valence-corrected chi connectivity index (χ3v) is 4.06. The van der Waals surface area contributed by atoms with Gasteiger partial charge in [0.2, 0.25) is 15.9 Å². The first-order chi connectivity index (χ1) is 8.30. The van der Waals surface area contributed by atoms with Crippen molar-refractivity contribution < 1.29 is 22.7 Å². The molecule has 1 aromatic rings. The molecule has 1 aliphatic heterocycles. The lowest BCUT2D eigenvalue weighted by Crippen LogP contribution is -2.32. The number of rotatable bonds is 2. The summed E-state index contributed by atoms with van der Waals surface area (Å²) >= 11 is 0. The van der Waals surface area contributed by atoms with E-state index in [2.05, 4.69) is 0 Å². The maximum absolute atomic E-state index is 13.2. The largest absolute Gasteiger partial charge is 0.503 e. The molecule has 0 spiro atoms. The summed E-state index contributed by atoms with van der Waals surface area (Å²) in [5, 5.41) is 13.4. The van der Waals surface area contributed by atoms with E-state index in [-0.39, 0.29) is 18.7 Å². The monoisotopic (exact) mass is 274 g/mol. The maximum Gasteiger partial charge on any atom is 0.228 e. The smallest absolute Gasteiger partial charge is 0.228 e. The molecule has 1 amide bonds. The highest BCUT2D eigenvalue weighted by atomic mass is 32.2. The van der Waals surface area contributed by atoms with Crippen molar-refractivity contribution in [2.45, 2.75) is 11.7 Å². The fourth-order valence-electron chi connectivity index (χ4n) is 1.85. The van der Waals surface area contributed by atoms with E-state index in [1.165, 1.54) is 12.1 Å². The Morgan fingerprint density at radius 1 is 1.44 bits per heavy atom. The van der Waals surface area contributed by atoms with Crippen molar-refractivity contribution in [1.29, 1.82) is 0 Å². The lowest BCUT2D eigenvalue weighted by Gasteiger charge is -2.17. The molecular weight excluding hydrogens is 263 g/mol. The van der Waals surface area contributed by atoms with Crippen LogP contribution < -0.4 is 10.0 Å². The van der Waals surface area contributed by atoms with Gasteiger partial charge in [0.15, 0.2) is 11.6 Å². The van der Waals surface area contributed by atoms with Crippen LogP contribution in [-0.2, 0) is 14.8 Å². The van der Waals surface area contributed by atoms with Crippen molar-refractivity contribution in [1.82, 2.24) is 0 Å². The Labute approximate surface area is 103 Å². The molecule has 1 aromatic carbocycles. The number of hydrogen-bond donors (Lipinski definition) is 2. The highest BCUT2D eigenvalue weighted by molar-refractivity contribution is 7.89. The molecule has 0 aromatic heterocycles. The van der Waals surface area contributed by atoms with Crippen molar-refractivity contribution >= 4 is 21.6 Å². The molecule has 6 nitrogen and oxygen atoms in total. The van der Waals surface area contributed by atoms with Gasteiger partial charge in [-0.05, 0) is 12.1 Å². The van der Waals surface area contributed by atoms with E-state index in [0.29, 0.717) is 0 Å². The lowest BCUT2D eigenvalue weighted by atomic mass is 10.2. The highest BCUT2D eigenvalue weighted by Crippen LogP contribution is 2.33. The van der Waals surface area contributed by atoms with Crippen LogP contribution in [0.3, 0.4) is 0 Å². The molecule has 0 saturated carbocycles. The van der Waals surface area contributed by atoms with Crippen molar-refractivity contribution in [3.8, 4) is 5.75 Å². The van der Waals surface area contributed by atoms with Gasteiger partial charge >= 0.3 is 0 Å². The van der Waals surface area contributed by atoms with Crippen molar-refractivity contribution in [3.05, 3.63) is 24.0 Å². The minimum Gasteiger partial charge on any atom is -0.503 e. The van der Waals surface area contributed by atoms with Crippen LogP contribution in [0.4, 0.5) is 10.1 Å². The zero-order chi connectivity index (χ0) is 13.5. The molecule has 0 aliphatic carbocycles. The van der Waals surface area contributed by atoms with Gasteiger partial charge in [0.25, 0.3) is 0 Å². The van der Waals surface area contributed by atoms with Crippen LogP contribution in [0, 0.1) is 5.82 Å².